The number of rotatable bonds is 2. The number of thiazole rings is 1. The van der Waals surface area contributed by atoms with Crippen LogP contribution in [-0.4, -0.2) is 16.1 Å². The van der Waals surface area contributed by atoms with Crippen LogP contribution in [0.15, 0.2) is 30.3 Å². The van der Waals surface area contributed by atoms with Crippen molar-refractivity contribution in [2.75, 3.05) is 5.73 Å². The molecule has 4 nitrogen and oxygen atoms in total. The average molecular weight is 257 g/mol. The van der Waals surface area contributed by atoms with Crippen LogP contribution >= 0.6 is 23.7 Å². The van der Waals surface area contributed by atoms with Gasteiger partial charge in [-0.1, -0.05) is 41.7 Å². The summed E-state index contributed by atoms with van der Waals surface area (Å²) in [5, 5.41) is 9.22. The molecule has 0 aliphatic heterocycles. The quantitative estimate of drug-likeness (QED) is 0.866. The van der Waals surface area contributed by atoms with Crippen molar-refractivity contribution in [1.82, 2.24) is 4.98 Å². The molecule has 0 aliphatic rings. The van der Waals surface area contributed by atoms with Crippen molar-refractivity contribution in [2.45, 2.75) is 0 Å². The molecule has 16 heavy (non-hydrogen) atoms. The van der Waals surface area contributed by atoms with Crippen LogP contribution in [0.3, 0.4) is 0 Å². The molecule has 0 amide bonds. The monoisotopic (exact) mass is 256 g/mol. The predicted molar refractivity (Wildman–Crippen MR) is 66.2 cm³/mol. The molecular formula is C10H9ClN2O2S. The second kappa shape index (κ2) is 4.96. The van der Waals surface area contributed by atoms with Gasteiger partial charge >= 0.3 is 5.97 Å². The fraction of sp³-hybridized carbons (Fsp3) is 0. The highest BCUT2D eigenvalue weighted by atomic mass is 35.5. The number of aromatic carboxylic acids is 1. The maximum Gasteiger partial charge on any atom is 0.348 e. The Hall–Kier alpha value is -1.59. The van der Waals surface area contributed by atoms with E-state index in [-0.39, 0.29) is 22.4 Å². The van der Waals surface area contributed by atoms with E-state index in [2.05, 4.69) is 4.98 Å². The van der Waals surface area contributed by atoms with Crippen molar-refractivity contribution in [1.29, 1.82) is 0 Å². The minimum absolute atomic E-state index is 0. The number of hydrogen-bond acceptors (Lipinski definition) is 4. The highest BCUT2D eigenvalue weighted by Crippen LogP contribution is 2.29. The Morgan fingerprint density at radius 1 is 1.31 bits per heavy atom. The summed E-state index contributed by atoms with van der Waals surface area (Å²) in [6.45, 7) is 0. The molecule has 0 bridgehead atoms. The van der Waals surface area contributed by atoms with Gasteiger partial charge in [-0.2, -0.15) is 0 Å². The van der Waals surface area contributed by atoms with E-state index in [9.17, 15) is 4.79 Å². The molecule has 0 aliphatic carbocycles. The normalized spacial score (nSPS) is 9.50. The van der Waals surface area contributed by atoms with Crippen molar-refractivity contribution in [2.24, 2.45) is 0 Å². The Morgan fingerprint density at radius 3 is 2.50 bits per heavy atom. The minimum atomic E-state index is -0.997. The number of benzene rings is 1. The van der Waals surface area contributed by atoms with Crippen molar-refractivity contribution in [3.63, 3.8) is 0 Å². The van der Waals surface area contributed by atoms with E-state index in [0.29, 0.717) is 5.69 Å². The van der Waals surface area contributed by atoms with E-state index in [4.69, 9.17) is 10.8 Å². The number of halogens is 1. The second-order valence-corrected chi connectivity index (χ2v) is 3.93. The van der Waals surface area contributed by atoms with Crippen LogP contribution in [0.5, 0.6) is 0 Å². The minimum Gasteiger partial charge on any atom is -0.477 e. The first kappa shape index (κ1) is 12.5. The number of aromatic nitrogens is 1. The molecule has 0 spiro atoms. The number of carbonyl (C=O) groups is 1. The van der Waals surface area contributed by atoms with Crippen LogP contribution in [0.25, 0.3) is 11.3 Å². The van der Waals surface area contributed by atoms with E-state index in [1.807, 2.05) is 18.2 Å². The maximum atomic E-state index is 10.9. The molecule has 0 atom stereocenters. The van der Waals surface area contributed by atoms with Gasteiger partial charge in [0.05, 0.1) is 5.69 Å². The summed E-state index contributed by atoms with van der Waals surface area (Å²) in [5.74, 6) is -0.997. The third-order valence-corrected chi connectivity index (χ3v) is 2.76. The van der Waals surface area contributed by atoms with E-state index in [0.717, 1.165) is 16.9 Å². The number of nitrogen functional groups attached to an aromatic ring is 1. The predicted octanol–water partition coefficient (Wildman–Crippen LogP) is 2.51. The van der Waals surface area contributed by atoms with Crippen LogP contribution in [0.1, 0.15) is 9.67 Å². The second-order valence-electron chi connectivity index (χ2n) is 2.90. The van der Waals surface area contributed by atoms with Gasteiger partial charge in [0.1, 0.15) is 4.88 Å². The zero-order valence-corrected chi connectivity index (χ0v) is 9.72. The number of nitrogens with zero attached hydrogens (tertiary/aromatic N) is 1. The summed E-state index contributed by atoms with van der Waals surface area (Å²) in [6, 6.07) is 9.13. The fourth-order valence-electron chi connectivity index (χ4n) is 1.27. The van der Waals surface area contributed by atoms with Gasteiger partial charge in [-0.25, -0.2) is 9.78 Å². The van der Waals surface area contributed by atoms with Gasteiger partial charge in [0.15, 0.2) is 5.13 Å². The van der Waals surface area contributed by atoms with Crippen molar-refractivity contribution >= 4 is 34.8 Å². The van der Waals surface area contributed by atoms with Crippen molar-refractivity contribution < 1.29 is 9.90 Å². The number of carboxylic acids is 1. The van der Waals surface area contributed by atoms with Crippen LogP contribution in [0.4, 0.5) is 5.13 Å². The first-order valence-electron chi connectivity index (χ1n) is 4.23. The Morgan fingerprint density at radius 2 is 1.94 bits per heavy atom. The number of anilines is 1. The molecule has 84 valence electrons. The Kier molecular flexibility index (Phi) is 3.87. The molecule has 3 N–H and O–H groups in total. The van der Waals surface area contributed by atoms with Crippen LogP contribution in [-0.2, 0) is 0 Å². The third kappa shape index (κ3) is 2.32. The van der Waals surface area contributed by atoms with Crippen molar-refractivity contribution in [3.05, 3.63) is 35.2 Å². The van der Waals surface area contributed by atoms with Gasteiger partial charge in [0.25, 0.3) is 0 Å². The van der Waals surface area contributed by atoms with Gasteiger partial charge < -0.3 is 10.8 Å². The fourth-order valence-corrected chi connectivity index (χ4v) is 1.97. The number of nitrogens with two attached hydrogens (primary N) is 1. The molecule has 0 radical (unpaired) electrons. The lowest BCUT2D eigenvalue weighted by Gasteiger charge is -1.97. The van der Waals surface area contributed by atoms with E-state index in [1.54, 1.807) is 12.1 Å². The SMILES string of the molecule is Cl.Nc1nc(-c2ccccc2)c(C(=O)O)s1. The smallest absolute Gasteiger partial charge is 0.348 e. The standard InChI is InChI=1S/C10H8N2O2S.ClH/c11-10-12-7(8(15-10)9(13)14)6-4-2-1-3-5-6;/h1-5H,(H2,11,12)(H,13,14);1H. The highest BCUT2D eigenvalue weighted by Gasteiger charge is 2.17. The van der Waals surface area contributed by atoms with Crippen LogP contribution in [0, 0.1) is 0 Å². The molecular weight excluding hydrogens is 248 g/mol. The highest BCUT2D eigenvalue weighted by molar-refractivity contribution is 7.17. The Labute approximate surface area is 102 Å². The summed E-state index contributed by atoms with van der Waals surface area (Å²) in [6.07, 6.45) is 0. The van der Waals surface area contributed by atoms with E-state index >= 15 is 0 Å². The van der Waals surface area contributed by atoms with E-state index < -0.39 is 5.97 Å². The van der Waals surface area contributed by atoms with Gasteiger partial charge in [-0.3, -0.25) is 0 Å². The largest absolute Gasteiger partial charge is 0.477 e. The molecule has 0 fully saturated rings. The third-order valence-electron chi connectivity index (χ3n) is 1.89. The molecule has 0 saturated heterocycles. The number of hydrogen-bond donors (Lipinski definition) is 2. The zero-order chi connectivity index (χ0) is 10.8. The lowest BCUT2D eigenvalue weighted by molar-refractivity contribution is 0.0702. The molecule has 2 aromatic rings. The summed E-state index contributed by atoms with van der Waals surface area (Å²) in [4.78, 5) is 15.1. The first-order valence-corrected chi connectivity index (χ1v) is 5.05. The number of carboxylic acid groups (broad SMARTS) is 1. The van der Waals surface area contributed by atoms with Gasteiger partial charge in [0, 0.05) is 5.56 Å². The Bertz CT molecular complexity index is 499. The zero-order valence-electron chi connectivity index (χ0n) is 8.08. The summed E-state index contributed by atoms with van der Waals surface area (Å²) >= 11 is 0.984. The van der Waals surface area contributed by atoms with Gasteiger partial charge in [0.2, 0.25) is 0 Å². The van der Waals surface area contributed by atoms with Gasteiger partial charge in [-0.05, 0) is 0 Å². The Balaban J connectivity index is 0.00000128. The molecule has 2 rings (SSSR count). The summed E-state index contributed by atoms with van der Waals surface area (Å²) in [5.41, 5.74) is 6.70. The molecule has 6 heteroatoms. The summed E-state index contributed by atoms with van der Waals surface area (Å²) in [7, 11) is 0. The van der Waals surface area contributed by atoms with Crippen LogP contribution in [0.2, 0.25) is 0 Å². The topological polar surface area (TPSA) is 76.2 Å². The molecule has 0 unspecified atom stereocenters. The molecule has 1 aromatic heterocycles. The molecule has 1 heterocycles. The van der Waals surface area contributed by atoms with Crippen molar-refractivity contribution in [3.8, 4) is 11.3 Å². The lowest BCUT2D eigenvalue weighted by Crippen LogP contribution is -1.95. The summed E-state index contributed by atoms with van der Waals surface area (Å²) < 4.78 is 0. The van der Waals surface area contributed by atoms with E-state index in [1.165, 1.54) is 0 Å². The molecule has 0 saturated carbocycles. The lowest BCUT2D eigenvalue weighted by atomic mass is 10.1. The first-order chi connectivity index (χ1) is 7.18. The van der Waals surface area contributed by atoms with Crippen LogP contribution < -0.4 is 5.73 Å². The average Bonchev–Trinajstić information content (AvgIpc) is 2.62. The molecule has 1 aromatic carbocycles. The van der Waals surface area contributed by atoms with Gasteiger partial charge in [-0.15, -0.1) is 12.4 Å². The maximum absolute atomic E-state index is 10.9.